The van der Waals surface area contributed by atoms with Crippen LogP contribution < -0.4 is 10.0 Å². The molecule has 0 atom stereocenters. The van der Waals surface area contributed by atoms with Crippen LogP contribution in [-0.2, 0) is 10.0 Å². The summed E-state index contributed by atoms with van der Waals surface area (Å²) in [5, 5.41) is 2.95. The maximum atomic E-state index is 14.5. The van der Waals surface area contributed by atoms with Crippen molar-refractivity contribution < 1.29 is 17.6 Å². The topological polar surface area (TPSA) is 75.3 Å². The van der Waals surface area contributed by atoms with Gasteiger partial charge in [-0.3, -0.25) is 9.52 Å². The Hall–Kier alpha value is -1.74. The number of amides is 1. The zero-order valence-electron chi connectivity index (χ0n) is 15.0. The lowest BCUT2D eigenvalue weighted by molar-refractivity contribution is 0.102. The summed E-state index contributed by atoms with van der Waals surface area (Å²) in [6, 6.07) is 9.64. The van der Waals surface area contributed by atoms with Crippen LogP contribution in [0.4, 0.5) is 15.8 Å². The Bertz CT molecular complexity index is 1300. The lowest BCUT2D eigenvalue weighted by Crippen LogP contribution is -2.16. The summed E-state index contributed by atoms with van der Waals surface area (Å²) in [6.45, 7) is 0. The van der Waals surface area contributed by atoms with E-state index in [1.54, 1.807) is 0 Å². The van der Waals surface area contributed by atoms with Gasteiger partial charge < -0.3 is 5.32 Å². The molecule has 0 saturated heterocycles. The molecule has 0 spiro atoms. The number of carbonyl (C=O) groups is 1. The van der Waals surface area contributed by atoms with Crippen LogP contribution in [-0.4, -0.2) is 14.3 Å². The molecular weight excluding hydrogens is 533 g/mol. The lowest BCUT2D eigenvalue weighted by atomic mass is 10.2. The molecule has 3 rings (SSSR count). The Morgan fingerprint density at radius 1 is 0.774 bits per heavy atom. The molecule has 0 heterocycles. The maximum absolute atomic E-state index is 14.5. The first-order valence-corrected chi connectivity index (χ1v) is 11.6. The third-order valence-corrected chi connectivity index (χ3v) is 6.87. The molecule has 0 radical (unpaired) electrons. The average Bonchev–Trinajstić information content (AvgIpc) is 2.67. The number of nitrogens with one attached hydrogen (secondary N) is 2. The molecule has 0 unspecified atom stereocenters. The van der Waals surface area contributed by atoms with Crippen molar-refractivity contribution in [2.75, 3.05) is 10.0 Å². The highest BCUT2D eigenvalue weighted by Crippen LogP contribution is 2.34. The quantitative estimate of drug-likeness (QED) is 0.336. The van der Waals surface area contributed by atoms with Crippen LogP contribution >= 0.6 is 58.0 Å². The number of rotatable bonds is 5. The molecule has 12 heteroatoms. The van der Waals surface area contributed by atoms with E-state index in [4.69, 9.17) is 58.0 Å². The summed E-state index contributed by atoms with van der Waals surface area (Å²) in [5.41, 5.74) is -0.216. The van der Waals surface area contributed by atoms with Gasteiger partial charge >= 0.3 is 0 Å². The molecule has 1 amide bonds. The zero-order valence-corrected chi connectivity index (χ0v) is 19.6. The van der Waals surface area contributed by atoms with Crippen molar-refractivity contribution in [2.24, 2.45) is 0 Å². The highest BCUT2D eigenvalue weighted by molar-refractivity contribution is 7.92. The summed E-state index contributed by atoms with van der Waals surface area (Å²) < 4.78 is 41.9. The van der Waals surface area contributed by atoms with Crippen molar-refractivity contribution in [2.45, 2.75) is 4.90 Å². The predicted molar refractivity (Wildman–Crippen MR) is 123 cm³/mol. The fourth-order valence-corrected chi connectivity index (χ4v) is 4.66. The van der Waals surface area contributed by atoms with Gasteiger partial charge in [-0.2, -0.15) is 0 Å². The van der Waals surface area contributed by atoms with Crippen LogP contribution in [0.5, 0.6) is 0 Å². The summed E-state index contributed by atoms with van der Waals surface area (Å²) in [7, 11) is -4.22. The first kappa shape index (κ1) is 23.9. The largest absolute Gasteiger partial charge is 0.319 e. The minimum Gasteiger partial charge on any atom is -0.319 e. The van der Waals surface area contributed by atoms with E-state index in [0.29, 0.717) is 5.02 Å². The molecule has 162 valence electrons. The lowest BCUT2D eigenvalue weighted by Gasteiger charge is -2.12. The van der Waals surface area contributed by atoms with Gasteiger partial charge in [-0.05, 0) is 48.5 Å². The number of sulfonamides is 1. The molecule has 31 heavy (non-hydrogen) atoms. The smallest absolute Gasteiger partial charge is 0.262 e. The van der Waals surface area contributed by atoms with E-state index in [0.717, 1.165) is 18.2 Å². The fourth-order valence-electron chi connectivity index (χ4n) is 2.43. The Labute approximate surface area is 202 Å². The predicted octanol–water partition coefficient (Wildman–Crippen LogP) is 7.15. The van der Waals surface area contributed by atoms with Gasteiger partial charge in [0.25, 0.3) is 15.9 Å². The Morgan fingerprint density at radius 3 is 2.10 bits per heavy atom. The number of hydrogen-bond donors (Lipinski definition) is 2. The van der Waals surface area contributed by atoms with Crippen molar-refractivity contribution in [1.82, 2.24) is 0 Å². The first-order chi connectivity index (χ1) is 14.5. The molecule has 0 bridgehead atoms. The van der Waals surface area contributed by atoms with Crippen LogP contribution in [0.3, 0.4) is 0 Å². The molecule has 0 saturated carbocycles. The van der Waals surface area contributed by atoms with Crippen LogP contribution in [0.15, 0.2) is 53.4 Å². The van der Waals surface area contributed by atoms with E-state index in [9.17, 15) is 17.6 Å². The number of halogens is 6. The SMILES string of the molecule is O=C(Nc1ccc(S(=O)(=O)Nc2cc(Cl)c(Cl)cc2Cl)cc1F)c1ccc(Cl)cc1Cl. The van der Waals surface area contributed by atoms with Crippen molar-refractivity contribution in [1.29, 1.82) is 0 Å². The minimum absolute atomic E-state index is 0.00201. The van der Waals surface area contributed by atoms with Crippen molar-refractivity contribution in [3.8, 4) is 0 Å². The summed E-state index contributed by atoms with van der Waals surface area (Å²) in [6.07, 6.45) is 0. The van der Waals surface area contributed by atoms with Gasteiger partial charge in [0.2, 0.25) is 0 Å². The minimum atomic E-state index is -4.22. The van der Waals surface area contributed by atoms with Gasteiger partial charge in [0, 0.05) is 5.02 Å². The molecule has 3 aromatic carbocycles. The third kappa shape index (κ3) is 5.55. The van der Waals surface area contributed by atoms with Crippen molar-refractivity contribution >= 4 is 85.3 Å². The molecule has 3 aromatic rings. The number of anilines is 2. The Kier molecular flexibility index (Phi) is 7.25. The van der Waals surface area contributed by atoms with E-state index >= 15 is 0 Å². The van der Waals surface area contributed by atoms with E-state index < -0.39 is 26.6 Å². The normalized spacial score (nSPS) is 11.3. The Morgan fingerprint density at radius 2 is 1.45 bits per heavy atom. The van der Waals surface area contributed by atoms with E-state index in [2.05, 4.69) is 10.0 Å². The third-order valence-electron chi connectivity index (χ3n) is 3.93. The first-order valence-electron chi connectivity index (χ1n) is 8.21. The molecule has 0 aliphatic carbocycles. The van der Waals surface area contributed by atoms with E-state index in [1.165, 1.54) is 30.3 Å². The molecule has 0 aliphatic heterocycles. The van der Waals surface area contributed by atoms with Gasteiger partial charge in [-0.15, -0.1) is 0 Å². The van der Waals surface area contributed by atoms with Crippen LogP contribution in [0.1, 0.15) is 10.4 Å². The van der Waals surface area contributed by atoms with Crippen molar-refractivity contribution in [3.05, 3.63) is 85.0 Å². The van der Waals surface area contributed by atoms with Gasteiger partial charge in [0.05, 0.1) is 41.9 Å². The van der Waals surface area contributed by atoms with Crippen LogP contribution in [0.2, 0.25) is 25.1 Å². The van der Waals surface area contributed by atoms with Gasteiger partial charge in [-0.25, -0.2) is 12.8 Å². The summed E-state index contributed by atoms with van der Waals surface area (Å²) in [4.78, 5) is 11.9. The standard InChI is InChI=1S/C19H10Cl5FN2O3S/c20-9-1-3-11(12(21)5-9)19(28)26-17-4-2-10(6-16(17)25)31(29,30)27-18-8-14(23)13(22)7-15(18)24/h1-8,27H,(H,26,28). The maximum Gasteiger partial charge on any atom is 0.262 e. The Balaban J connectivity index is 1.84. The number of benzene rings is 3. The molecule has 5 nitrogen and oxygen atoms in total. The highest BCUT2D eigenvalue weighted by atomic mass is 35.5. The van der Waals surface area contributed by atoms with Crippen LogP contribution in [0, 0.1) is 5.82 Å². The second-order valence-corrected chi connectivity index (χ2v) is 9.82. The number of hydrogen-bond acceptors (Lipinski definition) is 3. The highest BCUT2D eigenvalue weighted by Gasteiger charge is 2.20. The second kappa shape index (κ2) is 9.40. The van der Waals surface area contributed by atoms with Gasteiger partial charge in [0.1, 0.15) is 5.82 Å². The number of carbonyl (C=O) groups excluding carboxylic acids is 1. The molecule has 0 aliphatic rings. The van der Waals surface area contributed by atoms with Gasteiger partial charge in [0.15, 0.2) is 0 Å². The average molecular weight is 543 g/mol. The van der Waals surface area contributed by atoms with Gasteiger partial charge in [-0.1, -0.05) is 58.0 Å². The molecular formula is C19H10Cl5FN2O3S. The van der Waals surface area contributed by atoms with E-state index in [-0.39, 0.29) is 37.0 Å². The molecule has 0 aromatic heterocycles. The van der Waals surface area contributed by atoms with Crippen LogP contribution in [0.25, 0.3) is 0 Å². The van der Waals surface area contributed by atoms with E-state index in [1.807, 2.05) is 0 Å². The monoisotopic (exact) mass is 540 g/mol. The molecule has 0 fully saturated rings. The molecule has 2 N–H and O–H groups in total. The summed E-state index contributed by atoms with van der Waals surface area (Å²) in [5.74, 6) is -1.68. The fraction of sp³-hybridized carbons (Fsp3) is 0. The zero-order chi connectivity index (χ0) is 22.9. The van der Waals surface area contributed by atoms with Crippen molar-refractivity contribution in [3.63, 3.8) is 0 Å². The summed E-state index contributed by atoms with van der Waals surface area (Å²) >= 11 is 29.4. The second-order valence-electron chi connectivity index (χ2n) is 6.07.